The molecule has 0 aromatic carbocycles. The molecule has 2 nitrogen and oxygen atoms in total. The Hall–Kier alpha value is 0.190. The molecule has 0 fully saturated rings. The van der Waals surface area contributed by atoms with Crippen LogP contribution in [-0.2, 0) is 4.57 Å². The van der Waals surface area contributed by atoms with Gasteiger partial charge in [-0.05, 0) is 26.4 Å². The van der Waals surface area contributed by atoms with Crippen molar-refractivity contribution >= 4 is 7.14 Å². The monoisotopic (exact) mass is 444 g/mol. The summed E-state index contributed by atoms with van der Waals surface area (Å²) in [6.45, 7) is 6.00. The number of rotatable bonds is 24. The Kier molecular flexibility index (Phi) is 22.5. The van der Waals surface area contributed by atoms with Crippen LogP contribution in [0.2, 0.25) is 0 Å². The van der Waals surface area contributed by atoms with Crippen LogP contribution in [-0.4, -0.2) is 30.2 Å². The van der Waals surface area contributed by atoms with Crippen molar-refractivity contribution in [2.45, 2.75) is 155 Å². The average molecular weight is 445 g/mol. The van der Waals surface area contributed by atoms with Gasteiger partial charge in [0.1, 0.15) is 0 Å². The maximum Gasteiger partial charge on any atom is 0.0849 e. The lowest BCUT2D eigenvalue weighted by Crippen LogP contribution is -2.04. The van der Waals surface area contributed by atoms with Gasteiger partial charge in [-0.25, -0.2) is 0 Å². The fraction of sp³-hybridized carbons (Fsp3) is 1.00. The highest BCUT2D eigenvalue weighted by Gasteiger charge is 2.15. The minimum atomic E-state index is -2.00. The number of hydrogen-bond donors (Lipinski definition) is 1. The highest BCUT2D eigenvalue weighted by Crippen LogP contribution is 2.43. The van der Waals surface area contributed by atoms with E-state index in [9.17, 15) is 9.67 Å². The van der Waals surface area contributed by atoms with Crippen LogP contribution in [0, 0.1) is 0 Å². The minimum absolute atomic E-state index is 0.312. The van der Waals surface area contributed by atoms with Crippen molar-refractivity contribution in [3.8, 4) is 0 Å². The van der Waals surface area contributed by atoms with E-state index in [1.807, 2.05) is 6.66 Å². The summed E-state index contributed by atoms with van der Waals surface area (Å²) >= 11 is 0. The first-order chi connectivity index (χ1) is 14.5. The van der Waals surface area contributed by atoms with Crippen LogP contribution in [0.3, 0.4) is 0 Å². The first kappa shape index (κ1) is 30.2. The highest BCUT2D eigenvalue weighted by molar-refractivity contribution is 7.63. The van der Waals surface area contributed by atoms with Crippen LogP contribution in [0.1, 0.15) is 149 Å². The number of aliphatic hydroxyl groups is 1. The van der Waals surface area contributed by atoms with E-state index >= 15 is 0 Å². The predicted octanol–water partition coefficient (Wildman–Crippen LogP) is 9.57. The van der Waals surface area contributed by atoms with Crippen molar-refractivity contribution in [1.29, 1.82) is 0 Å². The third-order valence-electron chi connectivity index (χ3n) is 6.50. The van der Waals surface area contributed by atoms with Crippen molar-refractivity contribution in [2.75, 3.05) is 19.0 Å². The van der Waals surface area contributed by atoms with Gasteiger partial charge in [0.25, 0.3) is 0 Å². The van der Waals surface area contributed by atoms with Gasteiger partial charge in [-0.2, -0.15) is 0 Å². The van der Waals surface area contributed by atoms with Gasteiger partial charge in [-0.1, -0.05) is 129 Å². The van der Waals surface area contributed by atoms with Crippen molar-refractivity contribution in [1.82, 2.24) is 0 Å². The maximum absolute atomic E-state index is 12.4. The SMILES string of the molecule is CCCCCCCCCCCCCCCCCCCCCCP(C)(=O)CCC(C)O. The Labute approximate surface area is 190 Å². The minimum Gasteiger partial charge on any atom is -0.393 e. The third-order valence-corrected chi connectivity index (χ3v) is 8.97. The van der Waals surface area contributed by atoms with E-state index in [2.05, 4.69) is 6.92 Å². The van der Waals surface area contributed by atoms with Crippen LogP contribution in [0.25, 0.3) is 0 Å². The van der Waals surface area contributed by atoms with Crippen molar-refractivity contribution in [3.63, 3.8) is 0 Å². The topological polar surface area (TPSA) is 37.3 Å². The zero-order valence-corrected chi connectivity index (χ0v) is 22.0. The molecular weight excluding hydrogens is 387 g/mol. The fourth-order valence-corrected chi connectivity index (χ4v) is 6.31. The largest absolute Gasteiger partial charge is 0.393 e. The van der Waals surface area contributed by atoms with Gasteiger partial charge in [0.2, 0.25) is 0 Å². The summed E-state index contributed by atoms with van der Waals surface area (Å²) < 4.78 is 12.4. The lowest BCUT2D eigenvalue weighted by Gasteiger charge is -2.13. The third kappa shape index (κ3) is 24.5. The molecule has 0 aliphatic carbocycles. The van der Waals surface area contributed by atoms with Crippen molar-refractivity contribution in [2.24, 2.45) is 0 Å². The van der Waals surface area contributed by atoms with E-state index in [1.54, 1.807) is 6.92 Å². The number of aliphatic hydroxyl groups excluding tert-OH is 1. The van der Waals surface area contributed by atoms with Crippen LogP contribution in [0.5, 0.6) is 0 Å². The Morgan fingerprint density at radius 1 is 0.567 bits per heavy atom. The van der Waals surface area contributed by atoms with Crippen LogP contribution < -0.4 is 0 Å². The lowest BCUT2D eigenvalue weighted by atomic mass is 10.0. The smallest absolute Gasteiger partial charge is 0.0849 e. The van der Waals surface area contributed by atoms with Gasteiger partial charge in [0.15, 0.2) is 0 Å². The molecule has 0 spiro atoms. The molecule has 2 unspecified atom stereocenters. The summed E-state index contributed by atoms with van der Waals surface area (Å²) in [7, 11) is -2.00. The summed E-state index contributed by atoms with van der Waals surface area (Å²) in [4.78, 5) is 0. The Morgan fingerprint density at radius 2 is 0.867 bits per heavy atom. The second kappa shape index (κ2) is 22.4. The molecular formula is C27H57O2P. The average Bonchev–Trinajstić information content (AvgIpc) is 2.71. The molecule has 30 heavy (non-hydrogen) atoms. The summed E-state index contributed by atoms with van der Waals surface area (Å²) in [6, 6.07) is 0. The van der Waals surface area contributed by atoms with Gasteiger partial charge in [-0.15, -0.1) is 0 Å². The van der Waals surface area contributed by atoms with E-state index < -0.39 is 7.14 Å². The van der Waals surface area contributed by atoms with E-state index in [0.717, 1.165) is 12.6 Å². The summed E-state index contributed by atoms with van der Waals surface area (Å²) in [6.07, 6.45) is 29.9. The normalized spacial score (nSPS) is 14.7. The van der Waals surface area contributed by atoms with E-state index in [-0.39, 0.29) is 6.10 Å². The second-order valence-corrected chi connectivity index (χ2v) is 13.6. The van der Waals surface area contributed by atoms with Crippen LogP contribution in [0.4, 0.5) is 0 Å². The van der Waals surface area contributed by atoms with Crippen LogP contribution >= 0.6 is 7.14 Å². The molecule has 1 N–H and O–H groups in total. The zero-order chi connectivity index (χ0) is 22.3. The molecule has 3 heteroatoms. The van der Waals surface area contributed by atoms with Gasteiger partial charge in [0, 0.05) is 12.3 Å². The van der Waals surface area contributed by atoms with E-state index in [1.165, 1.54) is 122 Å². The van der Waals surface area contributed by atoms with Crippen molar-refractivity contribution < 1.29 is 9.67 Å². The second-order valence-electron chi connectivity index (χ2n) is 10.1. The predicted molar refractivity (Wildman–Crippen MR) is 138 cm³/mol. The molecule has 182 valence electrons. The molecule has 0 radical (unpaired) electrons. The Balaban J connectivity index is 3.17. The summed E-state index contributed by atoms with van der Waals surface area (Å²) in [5.74, 6) is 0. The molecule has 0 saturated heterocycles. The van der Waals surface area contributed by atoms with E-state index in [0.29, 0.717) is 12.6 Å². The molecule has 0 aromatic rings. The zero-order valence-electron chi connectivity index (χ0n) is 21.1. The van der Waals surface area contributed by atoms with Crippen LogP contribution in [0.15, 0.2) is 0 Å². The van der Waals surface area contributed by atoms with Gasteiger partial charge in [0.05, 0.1) is 13.2 Å². The van der Waals surface area contributed by atoms with E-state index in [4.69, 9.17) is 0 Å². The molecule has 0 amide bonds. The molecule has 0 aromatic heterocycles. The number of hydrogen-bond acceptors (Lipinski definition) is 2. The number of unbranched alkanes of at least 4 members (excludes halogenated alkanes) is 19. The Bertz CT molecular complexity index is 381. The molecule has 0 saturated carbocycles. The van der Waals surface area contributed by atoms with Crippen molar-refractivity contribution in [3.05, 3.63) is 0 Å². The highest BCUT2D eigenvalue weighted by atomic mass is 31.2. The first-order valence-corrected chi connectivity index (χ1v) is 16.2. The molecule has 0 heterocycles. The van der Waals surface area contributed by atoms with Gasteiger partial charge < -0.3 is 9.67 Å². The lowest BCUT2D eigenvalue weighted by molar-refractivity contribution is 0.191. The molecule has 2 atom stereocenters. The quantitative estimate of drug-likeness (QED) is 0.119. The fourth-order valence-electron chi connectivity index (χ4n) is 4.27. The molecule has 0 aliphatic heterocycles. The molecule has 0 rings (SSSR count). The summed E-state index contributed by atoms with van der Waals surface area (Å²) in [5, 5.41) is 9.34. The molecule has 0 bridgehead atoms. The standard InChI is InChI=1S/C27H57O2P/c1-4-5-6-7-8-9-10-11-12-13-14-15-16-17-18-19-20-21-22-23-25-30(3,29)26-24-27(2)28/h27-28H,4-26H2,1-3H3. The maximum atomic E-state index is 12.4. The molecule has 0 aliphatic rings. The van der Waals surface area contributed by atoms with Gasteiger partial charge in [-0.3, -0.25) is 0 Å². The van der Waals surface area contributed by atoms with Gasteiger partial charge >= 0.3 is 0 Å². The Morgan fingerprint density at radius 3 is 1.17 bits per heavy atom. The first-order valence-electron chi connectivity index (χ1n) is 13.7. The summed E-state index contributed by atoms with van der Waals surface area (Å²) in [5.41, 5.74) is 0.